The lowest BCUT2D eigenvalue weighted by Gasteiger charge is -2.38. The van der Waals surface area contributed by atoms with E-state index in [1.54, 1.807) is 0 Å². The van der Waals surface area contributed by atoms with Crippen molar-refractivity contribution in [2.24, 2.45) is 11.8 Å². The summed E-state index contributed by atoms with van der Waals surface area (Å²) in [5.74, 6) is 1.82. The summed E-state index contributed by atoms with van der Waals surface area (Å²) in [7, 11) is 0. The van der Waals surface area contributed by atoms with Crippen LogP contribution in [0, 0.1) is 11.8 Å². The van der Waals surface area contributed by atoms with Gasteiger partial charge in [-0.05, 0) is 70.0 Å². The zero-order valence-corrected chi connectivity index (χ0v) is 13.1. The minimum atomic E-state index is 0.140. The second-order valence-electron chi connectivity index (χ2n) is 7.54. The molecule has 118 valence electrons. The van der Waals surface area contributed by atoms with Gasteiger partial charge in [0.15, 0.2) is 0 Å². The van der Waals surface area contributed by atoms with Gasteiger partial charge >= 0.3 is 0 Å². The van der Waals surface area contributed by atoms with Gasteiger partial charge in [0.1, 0.15) is 0 Å². The van der Waals surface area contributed by atoms with Crippen LogP contribution in [0.1, 0.15) is 44.9 Å². The molecule has 0 aromatic rings. The molecule has 0 spiro atoms. The SMILES string of the molecule is O=C(C1NCC2CCCC21)N1CCC(N2CCCC2)CC1. The van der Waals surface area contributed by atoms with Crippen LogP contribution in [0.4, 0.5) is 0 Å². The van der Waals surface area contributed by atoms with Gasteiger partial charge in [-0.25, -0.2) is 0 Å². The van der Waals surface area contributed by atoms with Gasteiger partial charge in [-0.2, -0.15) is 0 Å². The molecule has 0 aromatic heterocycles. The normalized spacial score (nSPS) is 38.1. The highest BCUT2D eigenvalue weighted by atomic mass is 16.2. The Morgan fingerprint density at radius 3 is 2.43 bits per heavy atom. The van der Waals surface area contributed by atoms with E-state index in [-0.39, 0.29) is 6.04 Å². The number of fused-ring (bicyclic) bond motifs is 1. The molecule has 0 bridgehead atoms. The van der Waals surface area contributed by atoms with Crippen LogP contribution in [-0.2, 0) is 4.79 Å². The fourth-order valence-corrected chi connectivity index (χ4v) is 5.21. The van der Waals surface area contributed by atoms with Crippen molar-refractivity contribution in [1.29, 1.82) is 0 Å². The predicted molar refractivity (Wildman–Crippen MR) is 83.0 cm³/mol. The first-order valence-corrected chi connectivity index (χ1v) is 9.09. The quantitative estimate of drug-likeness (QED) is 0.837. The van der Waals surface area contributed by atoms with Gasteiger partial charge in [0.05, 0.1) is 6.04 Å². The van der Waals surface area contributed by atoms with Crippen molar-refractivity contribution in [3.63, 3.8) is 0 Å². The molecule has 1 aliphatic carbocycles. The van der Waals surface area contributed by atoms with Crippen LogP contribution in [0.25, 0.3) is 0 Å². The molecule has 4 fully saturated rings. The Balaban J connectivity index is 1.32. The van der Waals surface area contributed by atoms with Gasteiger partial charge in [0, 0.05) is 19.1 Å². The second kappa shape index (κ2) is 5.88. The summed E-state index contributed by atoms with van der Waals surface area (Å²) in [6, 6.07) is 0.883. The molecular formula is C17H29N3O. The molecule has 1 N–H and O–H groups in total. The van der Waals surface area contributed by atoms with Crippen LogP contribution in [0.2, 0.25) is 0 Å². The fraction of sp³-hybridized carbons (Fsp3) is 0.941. The number of piperidine rings is 1. The van der Waals surface area contributed by atoms with Gasteiger partial charge in [0.2, 0.25) is 5.91 Å². The monoisotopic (exact) mass is 291 g/mol. The Bertz CT molecular complexity index is 385. The zero-order chi connectivity index (χ0) is 14.2. The van der Waals surface area contributed by atoms with Gasteiger partial charge in [-0.15, -0.1) is 0 Å². The van der Waals surface area contributed by atoms with E-state index in [4.69, 9.17) is 0 Å². The Kier molecular flexibility index (Phi) is 3.92. The number of hydrogen-bond donors (Lipinski definition) is 1. The van der Waals surface area contributed by atoms with Crippen LogP contribution >= 0.6 is 0 Å². The Morgan fingerprint density at radius 1 is 0.905 bits per heavy atom. The third-order valence-electron chi connectivity index (χ3n) is 6.45. The lowest BCUT2D eigenvalue weighted by Crippen LogP contribution is -2.51. The van der Waals surface area contributed by atoms with Crippen molar-refractivity contribution in [3.05, 3.63) is 0 Å². The molecular weight excluding hydrogens is 262 g/mol. The number of nitrogens with zero attached hydrogens (tertiary/aromatic N) is 2. The van der Waals surface area contributed by atoms with Crippen molar-refractivity contribution in [2.75, 3.05) is 32.7 Å². The molecule has 3 aliphatic heterocycles. The number of amides is 1. The van der Waals surface area contributed by atoms with Crippen LogP contribution < -0.4 is 5.32 Å². The molecule has 21 heavy (non-hydrogen) atoms. The first kappa shape index (κ1) is 14.0. The number of carbonyl (C=O) groups is 1. The molecule has 3 heterocycles. The Hall–Kier alpha value is -0.610. The molecule has 1 saturated carbocycles. The summed E-state index contributed by atoms with van der Waals surface area (Å²) in [5, 5.41) is 3.52. The lowest BCUT2D eigenvalue weighted by molar-refractivity contribution is -0.135. The topological polar surface area (TPSA) is 35.6 Å². The maximum Gasteiger partial charge on any atom is 0.240 e. The molecule has 4 nitrogen and oxygen atoms in total. The largest absolute Gasteiger partial charge is 0.341 e. The highest BCUT2D eigenvalue weighted by Gasteiger charge is 2.44. The highest BCUT2D eigenvalue weighted by Crippen LogP contribution is 2.38. The van der Waals surface area contributed by atoms with E-state index in [0.29, 0.717) is 11.8 Å². The summed E-state index contributed by atoms with van der Waals surface area (Å²) in [6.45, 7) is 5.61. The first-order valence-electron chi connectivity index (χ1n) is 9.09. The molecule has 4 aliphatic rings. The summed E-state index contributed by atoms with van der Waals surface area (Å²) in [6.07, 6.45) is 9.04. The molecule has 3 saturated heterocycles. The zero-order valence-electron chi connectivity index (χ0n) is 13.1. The van der Waals surface area contributed by atoms with E-state index < -0.39 is 0 Å². The number of rotatable bonds is 2. The average Bonchev–Trinajstić information content (AvgIpc) is 3.24. The third-order valence-corrected chi connectivity index (χ3v) is 6.45. The Labute approximate surface area is 128 Å². The Morgan fingerprint density at radius 2 is 1.67 bits per heavy atom. The molecule has 0 radical (unpaired) electrons. The van der Waals surface area contributed by atoms with Crippen molar-refractivity contribution in [1.82, 2.24) is 15.1 Å². The van der Waals surface area contributed by atoms with E-state index in [0.717, 1.165) is 31.6 Å². The first-order chi connectivity index (χ1) is 10.3. The van der Waals surface area contributed by atoms with Crippen molar-refractivity contribution in [2.45, 2.75) is 57.0 Å². The minimum Gasteiger partial charge on any atom is -0.341 e. The van der Waals surface area contributed by atoms with Crippen LogP contribution in [0.15, 0.2) is 0 Å². The minimum absolute atomic E-state index is 0.140. The maximum absolute atomic E-state index is 12.8. The second-order valence-corrected chi connectivity index (χ2v) is 7.54. The van der Waals surface area contributed by atoms with Crippen LogP contribution in [0.5, 0.6) is 0 Å². The highest BCUT2D eigenvalue weighted by molar-refractivity contribution is 5.82. The number of carbonyl (C=O) groups excluding carboxylic acids is 1. The molecule has 4 rings (SSSR count). The summed E-state index contributed by atoms with van der Waals surface area (Å²) in [4.78, 5) is 17.6. The fourth-order valence-electron chi connectivity index (χ4n) is 5.21. The van der Waals surface area contributed by atoms with Gasteiger partial charge < -0.3 is 15.1 Å². The number of nitrogens with one attached hydrogen (secondary N) is 1. The van der Waals surface area contributed by atoms with Crippen molar-refractivity contribution < 1.29 is 4.79 Å². The van der Waals surface area contributed by atoms with E-state index in [1.807, 2.05) is 0 Å². The molecule has 3 unspecified atom stereocenters. The maximum atomic E-state index is 12.8. The van der Waals surface area contributed by atoms with Gasteiger partial charge in [-0.1, -0.05) is 6.42 Å². The van der Waals surface area contributed by atoms with Crippen molar-refractivity contribution in [3.8, 4) is 0 Å². The predicted octanol–water partition coefficient (Wildman–Crippen LogP) is 1.46. The molecule has 1 amide bonds. The van der Waals surface area contributed by atoms with Gasteiger partial charge in [0.25, 0.3) is 0 Å². The van der Waals surface area contributed by atoms with E-state index in [9.17, 15) is 4.79 Å². The van der Waals surface area contributed by atoms with E-state index >= 15 is 0 Å². The number of likely N-dealkylation sites (tertiary alicyclic amines) is 2. The lowest BCUT2D eigenvalue weighted by atomic mass is 9.92. The molecule has 3 atom stereocenters. The van der Waals surface area contributed by atoms with Crippen LogP contribution in [0.3, 0.4) is 0 Å². The summed E-state index contributed by atoms with van der Waals surface area (Å²) >= 11 is 0. The van der Waals surface area contributed by atoms with E-state index in [2.05, 4.69) is 15.1 Å². The summed E-state index contributed by atoms with van der Waals surface area (Å²) in [5.41, 5.74) is 0. The third kappa shape index (κ3) is 2.61. The average molecular weight is 291 g/mol. The summed E-state index contributed by atoms with van der Waals surface area (Å²) < 4.78 is 0. The molecule has 0 aromatic carbocycles. The van der Waals surface area contributed by atoms with E-state index in [1.165, 1.54) is 58.0 Å². The smallest absolute Gasteiger partial charge is 0.240 e. The van der Waals surface area contributed by atoms with Gasteiger partial charge in [-0.3, -0.25) is 4.79 Å². The van der Waals surface area contributed by atoms with Crippen molar-refractivity contribution >= 4 is 5.91 Å². The molecule has 4 heteroatoms. The van der Waals surface area contributed by atoms with Crippen LogP contribution in [-0.4, -0.2) is 60.5 Å². The number of hydrogen-bond acceptors (Lipinski definition) is 3. The standard InChI is InChI=1S/C17H29N3O/c21-17(16-15-5-3-4-13(15)12-18-16)20-10-6-14(7-11-20)19-8-1-2-9-19/h13-16,18H,1-12H2.